The van der Waals surface area contributed by atoms with Crippen molar-refractivity contribution in [2.75, 3.05) is 11.6 Å². The number of hydrogen-bond acceptors (Lipinski definition) is 4. The van der Waals surface area contributed by atoms with Crippen LogP contribution in [0.1, 0.15) is 11.4 Å². The van der Waals surface area contributed by atoms with Gasteiger partial charge < -0.3 is 0 Å². The minimum absolute atomic E-state index is 0.336. The molecule has 0 fully saturated rings. The van der Waals surface area contributed by atoms with Crippen molar-refractivity contribution >= 4 is 34.7 Å². The zero-order valence-electron chi connectivity index (χ0n) is 6.84. The van der Waals surface area contributed by atoms with E-state index in [0.29, 0.717) is 27.3 Å². The molecule has 2 nitrogen and oxygen atoms in total. The quantitative estimate of drug-likeness (QED) is 0.473. The van der Waals surface area contributed by atoms with Crippen molar-refractivity contribution in [3.05, 3.63) is 5.01 Å². The Labute approximate surface area is 91.9 Å². The smallest absolute Gasteiger partial charge is 0.164 e. The highest BCUT2D eigenvalue weighted by atomic mass is 35.5. The Morgan fingerprint density at radius 1 is 1.36 bits per heavy atom. The van der Waals surface area contributed by atoms with Crippen LogP contribution in [-0.4, -0.2) is 21.8 Å². The normalized spacial score (nSPS) is 12.0. The monoisotopic (exact) mass is 262 g/mol. The van der Waals surface area contributed by atoms with Gasteiger partial charge in [-0.25, -0.2) is 0 Å². The number of halogens is 4. The topological polar surface area (TPSA) is 25.8 Å². The van der Waals surface area contributed by atoms with E-state index in [9.17, 15) is 13.2 Å². The van der Waals surface area contributed by atoms with E-state index in [4.69, 9.17) is 11.6 Å². The summed E-state index contributed by atoms with van der Waals surface area (Å²) in [6.07, 6.45) is -3.64. The molecule has 0 N–H and O–H groups in total. The molecule has 0 unspecified atom stereocenters. The van der Waals surface area contributed by atoms with E-state index in [2.05, 4.69) is 10.2 Å². The first-order chi connectivity index (χ1) is 6.54. The molecule has 0 aliphatic rings. The molecule has 14 heavy (non-hydrogen) atoms. The molecule has 0 radical (unpaired) electrons. The standard InChI is InChI=1S/C6H6ClF3N2S2/c7-2-1-3-13-5-12-11-4(14-5)6(8,9)10/h1-3H2. The van der Waals surface area contributed by atoms with Crippen LogP contribution < -0.4 is 0 Å². The Bertz CT molecular complexity index is 289. The van der Waals surface area contributed by atoms with E-state index < -0.39 is 11.2 Å². The largest absolute Gasteiger partial charge is 0.445 e. The van der Waals surface area contributed by atoms with Gasteiger partial charge in [0.15, 0.2) is 4.34 Å². The average Bonchev–Trinajstić information content (AvgIpc) is 2.52. The van der Waals surface area contributed by atoms with Crippen LogP contribution in [0.25, 0.3) is 0 Å². The molecule has 0 atom stereocenters. The van der Waals surface area contributed by atoms with Gasteiger partial charge >= 0.3 is 6.18 Å². The Morgan fingerprint density at radius 3 is 2.57 bits per heavy atom. The average molecular weight is 263 g/mol. The number of rotatable bonds is 4. The van der Waals surface area contributed by atoms with Crippen LogP contribution >= 0.6 is 34.7 Å². The summed E-state index contributed by atoms with van der Waals surface area (Å²) < 4.78 is 36.5. The third-order valence-electron chi connectivity index (χ3n) is 1.15. The number of alkyl halides is 4. The zero-order chi connectivity index (χ0) is 10.6. The van der Waals surface area contributed by atoms with Gasteiger partial charge in [0.1, 0.15) is 0 Å². The molecule has 0 aromatic carbocycles. The first-order valence-corrected chi connectivity index (χ1v) is 5.97. The highest BCUT2D eigenvalue weighted by Crippen LogP contribution is 2.34. The van der Waals surface area contributed by atoms with Crippen LogP contribution in [0.5, 0.6) is 0 Å². The van der Waals surface area contributed by atoms with Crippen LogP contribution in [0.15, 0.2) is 4.34 Å². The molecule has 8 heteroatoms. The van der Waals surface area contributed by atoms with Gasteiger partial charge in [-0.05, 0) is 6.42 Å². The second-order valence-electron chi connectivity index (χ2n) is 2.26. The first kappa shape index (κ1) is 12.1. The summed E-state index contributed by atoms with van der Waals surface area (Å²) in [6, 6.07) is 0. The summed E-state index contributed by atoms with van der Waals surface area (Å²) >= 11 is 7.22. The van der Waals surface area contributed by atoms with Gasteiger partial charge in [0, 0.05) is 11.6 Å². The van der Waals surface area contributed by atoms with Crippen LogP contribution in [-0.2, 0) is 6.18 Å². The molecule has 1 aromatic rings. The lowest BCUT2D eigenvalue weighted by atomic mass is 10.6. The molecule has 0 spiro atoms. The minimum atomic E-state index is -4.39. The molecule has 0 bridgehead atoms. The van der Waals surface area contributed by atoms with Crippen LogP contribution in [0, 0.1) is 0 Å². The lowest BCUT2D eigenvalue weighted by molar-refractivity contribution is -0.138. The van der Waals surface area contributed by atoms with E-state index in [-0.39, 0.29) is 0 Å². The summed E-state index contributed by atoms with van der Waals surface area (Å²) in [4.78, 5) is 0. The lowest BCUT2D eigenvalue weighted by Crippen LogP contribution is -2.03. The van der Waals surface area contributed by atoms with Gasteiger partial charge in [-0.15, -0.1) is 21.8 Å². The van der Waals surface area contributed by atoms with Gasteiger partial charge in [0.05, 0.1) is 0 Å². The van der Waals surface area contributed by atoms with Crippen LogP contribution in [0.3, 0.4) is 0 Å². The Balaban J connectivity index is 2.51. The van der Waals surface area contributed by atoms with Crippen molar-refractivity contribution in [3.63, 3.8) is 0 Å². The Kier molecular flexibility index (Phi) is 4.46. The molecular formula is C6H6ClF3N2S2. The highest BCUT2D eigenvalue weighted by Gasteiger charge is 2.35. The fourth-order valence-electron chi connectivity index (χ4n) is 0.597. The molecule has 0 aliphatic carbocycles. The summed E-state index contributed by atoms with van der Waals surface area (Å²) in [5, 5.41) is 5.58. The number of thioether (sulfide) groups is 1. The summed E-state index contributed by atoms with van der Waals surface area (Å²) in [5.41, 5.74) is 0. The first-order valence-electron chi connectivity index (χ1n) is 3.63. The molecule has 0 saturated heterocycles. The zero-order valence-corrected chi connectivity index (χ0v) is 9.23. The fraction of sp³-hybridized carbons (Fsp3) is 0.667. The predicted molar refractivity (Wildman–Crippen MR) is 51.0 cm³/mol. The van der Waals surface area contributed by atoms with Crippen molar-refractivity contribution < 1.29 is 13.2 Å². The van der Waals surface area contributed by atoms with Gasteiger partial charge in [0.25, 0.3) is 0 Å². The van der Waals surface area contributed by atoms with Crippen molar-refractivity contribution in [2.24, 2.45) is 0 Å². The molecule has 1 aromatic heterocycles. The van der Waals surface area contributed by atoms with Crippen molar-refractivity contribution in [1.29, 1.82) is 0 Å². The van der Waals surface area contributed by atoms with Crippen LogP contribution in [0.2, 0.25) is 0 Å². The molecular weight excluding hydrogens is 257 g/mol. The van der Waals surface area contributed by atoms with E-state index in [1.54, 1.807) is 0 Å². The maximum Gasteiger partial charge on any atom is 0.445 e. The SMILES string of the molecule is FC(F)(F)c1nnc(SCCCCl)s1. The number of aromatic nitrogens is 2. The highest BCUT2D eigenvalue weighted by molar-refractivity contribution is 8.01. The maximum absolute atomic E-state index is 12.1. The van der Waals surface area contributed by atoms with E-state index in [0.717, 1.165) is 6.42 Å². The maximum atomic E-state index is 12.1. The molecule has 1 heterocycles. The third kappa shape index (κ3) is 3.62. The molecule has 0 saturated carbocycles. The third-order valence-corrected chi connectivity index (χ3v) is 3.61. The molecule has 1 rings (SSSR count). The Morgan fingerprint density at radius 2 is 2.07 bits per heavy atom. The van der Waals surface area contributed by atoms with Gasteiger partial charge in [-0.2, -0.15) is 13.2 Å². The van der Waals surface area contributed by atoms with E-state index in [1.807, 2.05) is 0 Å². The molecule has 0 aliphatic heterocycles. The number of nitrogens with zero attached hydrogens (tertiary/aromatic N) is 2. The lowest BCUT2D eigenvalue weighted by Gasteiger charge is -1.97. The summed E-state index contributed by atoms with van der Waals surface area (Å²) in [6.45, 7) is 0. The van der Waals surface area contributed by atoms with E-state index in [1.165, 1.54) is 11.8 Å². The van der Waals surface area contributed by atoms with Crippen molar-refractivity contribution in [2.45, 2.75) is 16.9 Å². The predicted octanol–water partition coefficient (Wildman–Crippen LogP) is 3.28. The van der Waals surface area contributed by atoms with Crippen molar-refractivity contribution in [1.82, 2.24) is 10.2 Å². The van der Waals surface area contributed by atoms with Gasteiger partial charge in [0.2, 0.25) is 5.01 Å². The van der Waals surface area contributed by atoms with E-state index >= 15 is 0 Å². The number of hydrogen-bond donors (Lipinski definition) is 0. The second-order valence-corrected chi connectivity index (χ2v) is 4.96. The summed E-state index contributed by atoms with van der Waals surface area (Å²) in [7, 11) is 0. The Hall–Kier alpha value is -0.0100. The fourth-order valence-corrected chi connectivity index (χ4v) is 2.62. The van der Waals surface area contributed by atoms with Gasteiger partial charge in [-0.1, -0.05) is 23.1 Å². The molecule has 80 valence electrons. The summed E-state index contributed by atoms with van der Waals surface area (Å²) in [5.74, 6) is 1.16. The van der Waals surface area contributed by atoms with Gasteiger partial charge in [-0.3, -0.25) is 0 Å². The van der Waals surface area contributed by atoms with Crippen LogP contribution in [0.4, 0.5) is 13.2 Å². The second kappa shape index (κ2) is 5.18. The molecule has 0 amide bonds. The van der Waals surface area contributed by atoms with Crippen molar-refractivity contribution in [3.8, 4) is 0 Å². The minimum Gasteiger partial charge on any atom is -0.164 e.